The van der Waals surface area contributed by atoms with Crippen molar-refractivity contribution in [3.05, 3.63) is 33.8 Å². The Morgan fingerprint density at radius 2 is 2.18 bits per heavy atom. The lowest BCUT2D eigenvalue weighted by Gasteiger charge is -2.09. The molecule has 0 spiro atoms. The SMILES string of the molecule is CCOCC(=O)C(C#N)c1ccc(Cl)c(Cl)c1. The van der Waals surface area contributed by atoms with E-state index in [-0.39, 0.29) is 12.4 Å². The molecular weight excluding hydrogens is 261 g/mol. The van der Waals surface area contributed by atoms with Crippen molar-refractivity contribution in [3.8, 4) is 6.07 Å². The summed E-state index contributed by atoms with van der Waals surface area (Å²) in [6.07, 6.45) is 0. The maximum atomic E-state index is 11.7. The molecule has 0 fully saturated rings. The van der Waals surface area contributed by atoms with Gasteiger partial charge in [-0.3, -0.25) is 4.79 Å². The molecule has 0 aliphatic heterocycles. The summed E-state index contributed by atoms with van der Waals surface area (Å²) in [5.41, 5.74) is 0.534. The molecule has 3 nitrogen and oxygen atoms in total. The van der Waals surface area contributed by atoms with Gasteiger partial charge in [-0.1, -0.05) is 29.3 Å². The van der Waals surface area contributed by atoms with E-state index in [4.69, 9.17) is 33.2 Å². The van der Waals surface area contributed by atoms with Crippen LogP contribution >= 0.6 is 23.2 Å². The van der Waals surface area contributed by atoms with Crippen molar-refractivity contribution in [1.29, 1.82) is 5.26 Å². The lowest BCUT2D eigenvalue weighted by atomic mass is 9.96. The van der Waals surface area contributed by atoms with Crippen molar-refractivity contribution in [2.24, 2.45) is 0 Å². The van der Waals surface area contributed by atoms with Crippen LogP contribution in [0, 0.1) is 11.3 Å². The van der Waals surface area contributed by atoms with E-state index in [1.165, 1.54) is 6.07 Å². The average molecular weight is 272 g/mol. The number of ether oxygens (including phenoxy) is 1. The first kappa shape index (κ1) is 14.0. The molecule has 0 aliphatic carbocycles. The third kappa shape index (κ3) is 3.71. The summed E-state index contributed by atoms with van der Waals surface area (Å²) in [7, 11) is 0. The molecule has 1 rings (SSSR count). The number of nitriles is 1. The van der Waals surface area contributed by atoms with E-state index < -0.39 is 5.92 Å². The largest absolute Gasteiger partial charge is 0.374 e. The van der Waals surface area contributed by atoms with Gasteiger partial charge in [-0.15, -0.1) is 0 Å². The fourth-order valence-corrected chi connectivity index (χ4v) is 1.62. The van der Waals surface area contributed by atoms with Crippen LogP contribution in [0.15, 0.2) is 18.2 Å². The fourth-order valence-electron chi connectivity index (χ4n) is 1.31. The zero-order chi connectivity index (χ0) is 12.8. The van der Waals surface area contributed by atoms with Gasteiger partial charge in [0.2, 0.25) is 0 Å². The molecule has 0 amide bonds. The van der Waals surface area contributed by atoms with Crippen LogP contribution in [0.5, 0.6) is 0 Å². The summed E-state index contributed by atoms with van der Waals surface area (Å²) in [6.45, 7) is 2.15. The smallest absolute Gasteiger partial charge is 0.179 e. The van der Waals surface area contributed by atoms with Crippen LogP contribution in [0.25, 0.3) is 0 Å². The van der Waals surface area contributed by atoms with Gasteiger partial charge < -0.3 is 4.74 Å². The number of Topliss-reactive ketones (excluding diaryl/α,β-unsaturated/α-hetero) is 1. The van der Waals surface area contributed by atoms with Crippen LogP contribution < -0.4 is 0 Å². The second kappa shape index (κ2) is 6.61. The topological polar surface area (TPSA) is 50.1 Å². The molecule has 0 aliphatic rings. The highest BCUT2D eigenvalue weighted by molar-refractivity contribution is 6.42. The van der Waals surface area contributed by atoms with Crippen molar-refractivity contribution < 1.29 is 9.53 Å². The van der Waals surface area contributed by atoms with E-state index in [0.717, 1.165) is 0 Å². The van der Waals surface area contributed by atoms with Gasteiger partial charge in [0.05, 0.1) is 16.1 Å². The highest BCUT2D eigenvalue weighted by Crippen LogP contribution is 2.26. The molecule has 0 N–H and O–H groups in total. The molecule has 17 heavy (non-hydrogen) atoms. The van der Waals surface area contributed by atoms with Crippen LogP contribution in [0.3, 0.4) is 0 Å². The normalized spacial score (nSPS) is 11.9. The Hall–Kier alpha value is -1.08. The van der Waals surface area contributed by atoms with Gasteiger partial charge in [-0.2, -0.15) is 5.26 Å². The first-order valence-corrected chi connectivity index (χ1v) is 5.80. The van der Waals surface area contributed by atoms with E-state index in [1.807, 2.05) is 6.07 Å². The molecule has 5 heteroatoms. The van der Waals surface area contributed by atoms with E-state index in [1.54, 1.807) is 19.1 Å². The molecule has 90 valence electrons. The van der Waals surface area contributed by atoms with Gasteiger partial charge in [0.15, 0.2) is 5.78 Å². The minimum atomic E-state index is -0.865. The molecule has 0 heterocycles. The summed E-state index contributed by atoms with van der Waals surface area (Å²) >= 11 is 11.6. The van der Waals surface area contributed by atoms with Gasteiger partial charge in [-0.25, -0.2) is 0 Å². The summed E-state index contributed by atoms with van der Waals surface area (Å²) in [5.74, 6) is -1.15. The van der Waals surface area contributed by atoms with Gasteiger partial charge in [-0.05, 0) is 24.6 Å². The molecule has 1 aromatic carbocycles. The predicted octanol–water partition coefficient (Wildman–Crippen LogP) is 3.21. The molecular formula is C12H11Cl2NO2. The molecule has 0 bridgehead atoms. The van der Waals surface area contributed by atoms with Gasteiger partial charge >= 0.3 is 0 Å². The van der Waals surface area contributed by atoms with Crippen molar-refractivity contribution in [2.75, 3.05) is 13.2 Å². The third-order valence-electron chi connectivity index (χ3n) is 2.18. The monoisotopic (exact) mass is 271 g/mol. The van der Waals surface area contributed by atoms with Crippen molar-refractivity contribution in [2.45, 2.75) is 12.8 Å². The maximum Gasteiger partial charge on any atom is 0.179 e. The number of nitrogens with zero attached hydrogens (tertiary/aromatic N) is 1. The second-order valence-corrected chi connectivity index (χ2v) is 4.15. The van der Waals surface area contributed by atoms with Crippen LogP contribution in [-0.4, -0.2) is 19.0 Å². The summed E-state index contributed by atoms with van der Waals surface area (Å²) in [5, 5.41) is 9.73. The Labute approximate surface area is 110 Å². The molecule has 0 radical (unpaired) electrons. The zero-order valence-electron chi connectivity index (χ0n) is 9.24. The average Bonchev–Trinajstić information content (AvgIpc) is 2.32. The van der Waals surface area contributed by atoms with Crippen LogP contribution in [0.2, 0.25) is 10.0 Å². The summed E-state index contributed by atoms with van der Waals surface area (Å²) in [4.78, 5) is 11.7. The Kier molecular flexibility index (Phi) is 5.43. The lowest BCUT2D eigenvalue weighted by Crippen LogP contribution is -2.17. The zero-order valence-corrected chi connectivity index (χ0v) is 10.8. The quantitative estimate of drug-likeness (QED) is 0.826. The fraction of sp³-hybridized carbons (Fsp3) is 0.333. The number of carbonyl (C=O) groups excluding carboxylic acids is 1. The Morgan fingerprint density at radius 3 is 2.71 bits per heavy atom. The molecule has 0 aromatic heterocycles. The summed E-state index contributed by atoms with van der Waals surface area (Å²) in [6, 6.07) is 6.66. The minimum Gasteiger partial charge on any atom is -0.374 e. The second-order valence-electron chi connectivity index (χ2n) is 3.34. The Morgan fingerprint density at radius 1 is 1.47 bits per heavy atom. The Bertz CT molecular complexity index is 454. The number of hydrogen-bond donors (Lipinski definition) is 0. The van der Waals surface area contributed by atoms with Gasteiger partial charge in [0.1, 0.15) is 12.5 Å². The number of benzene rings is 1. The number of ketones is 1. The molecule has 0 saturated heterocycles. The standard InChI is InChI=1S/C12H11Cl2NO2/c1-2-17-7-12(16)9(6-15)8-3-4-10(13)11(14)5-8/h3-5,9H,2,7H2,1H3. The molecule has 1 aromatic rings. The molecule has 1 unspecified atom stereocenters. The van der Waals surface area contributed by atoms with Gasteiger partial charge in [0.25, 0.3) is 0 Å². The first-order chi connectivity index (χ1) is 8.10. The summed E-state index contributed by atoms with van der Waals surface area (Å²) < 4.78 is 4.99. The van der Waals surface area contributed by atoms with Crippen molar-refractivity contribution in [1.82, 2.24) is 0 Å². The minimum absolute atomic E-state index is 0.0744. The molecule has 1 atom stereocenters. The lowest BCUT2D eigenvalue weighted by molar-refractivity contribution is -0.123. The maximum absolute atomic E-state index is 11.7. The van der Waals surface area contributed by atoms with E-state index in [0.29, 0.717) is 22.2 Å². The van der Waals surface area contributed by atoms with Gasteiger partial charge in [0, 0.05) is 6.61 Å². The third-order valence-corrected chi connectivity index (χ3v) is 2.92. The van der Waals surface area contributed by atoms with E-state index in [9.17, 15) is 4.79 Å². The number of hydrogen-bond acceptors (Lipinski definition) is 3. The van der Waals surface area contributed by atoms with Crippen LogP contribution in [0.4, 0.5) is 0 Å². The highest BCUT2D eigenvalue weighted by atomic mass is 35.5. The Balaban J connectivity index is 2.90. The van der Waals surface area contributed by atoms with Crippen LogP contribution in [-0.2, 0) is 9.53 Å². The van der Waals surface area contributed by atoms with Crippen molar-refractivity contribution in [3.63, 3.8) is 0 Å². The number of carbonyl (C=O) groups is 1. The van der Waals surface area contributed by atoms with E-state index >= 15 is 0 Å². The first-order valence-electron chi connectivity index (χ1n) is 5.05. The van der Waals surface area contributed by atoms with Crippen molar-refractivity contribution >= 4 is 29.0 Å². The predicted molar refractivity (Wildman–Crippen MR) is 66.3 cm³/mol. The number of rotatable bonds is 5. The highest BCUT2D eigenvalue weighted by Gasteiger charge is 2.20. The number of halogens is 2. The molecule has 0 saturated carbocycles. The van der Waals surface area contributed by atoms with E-state index in [2.05, 4.69) is 0 Å². The van der Waals surface area contributed by atoms with Crippen LogP contribution in [0.1, 0.15) is 18.4 Å².